The first kappa shape index (κ1) is 18.3. The van der Waals surface area contributed by atoms with Crippen LogP contribution in [0.2, 0.25) is 0 Å². The van der Waals surface area contributed by atoms with Crippen LogP contribution in [0.25, 0.3) is 0 Å². The zero-order valence-corrected chi connectivity index (χ0v) is 14.6. The van der Waals surface area contributed by atoms with Gasteiger partial charge in [0.05, 0.1) is 13.7 Å². The van der Waals surface area contributed by atoms with Crippen LogP contribution in [0.3, 0.4) is 0 Å². The van der Waals surface area contributed by atoms with Gasteiger partial charge in [0.1, 0.15) is 5.75 Å². The lowest BCUT2D eigenvalue weighted by Gasteiger charge is -2.12. The van der Waals surface area contributed by atoms with E-state index in [9.17, 15) is 4.79 Å². The van der Waals surface area contributed by atoms with Gasteiger partial charge in [0.15, 0.2) is 5.96 Å². The van der Waals surface area contributed by atoms with Crippen LogP contribution in [0.15, 0.2) is 59.6 Å². The van der Waals surface area contributed by atoms with Crippen molar-refractivity contribution in [2.75, 3.05) is 20.7 Å². The van der Waals surface area contributed by atoms with E-state index in [2.05, 4.69) is 20.9 Å². The largest absolute Gasteiger partial charge is 0.497 e. The molecule has 132 valence electrons. The van der Waals surface area contributed by atoms with Gasteiger partial charge in [0.2, 0.25) is 5.91 Å². The fourth-order valence-corrected chi connectivity index (χ4v) is 2.17. The molecule has 1 amide bonds. The van der Waals surface area contributed by atoms with Gasteiger partial charge >= 0.3 is 0 Å². The van der Waals surface area contributed by atoms with E-state index in [4.69, 9.17) is 4.74 Å². The molecule has 2 aromatic carbocycles. The van der Waals surface area contributed by atoms with Crippen molar-refractivity contribution in [3.63, 3.8) is 0 Å². The highest BCUT2D eigenvalue weighted by Crippen LogP contribution is 2.10. The number of nitrogens with zero attached hydrogens (tertiary/aromatic N) is 1. The average Bonchev–Trinajstić information content (AvgIpc) is 2.67. The summed E-state index contributed by atoms with van der Waals surface area (Å²) >= 11 is 0. The van der Waals surface area contributed by atoms with Gasteiger partial charge in [0, 0.05) is 20.1 Å². The minimum atomic E-state index is -0.0986. The van der Waals surface area contributed by atoms with Crippen LogP contribution in [0, 0.1) is 0 Å². The lowest BCUT2D eigenvalue weighted by Crippen LogP contribution is -2.42. The molecule has 25 heavy (non-hydrogen) atoms. The van der Waals surface area contributed by atoms with Crippen molar-refractivity contribution in [2.24, 2.45) is 4.99 Å². The molecule has 2 aromatic rings. The lowest BCUT2D eigenvalue weighted by molar-refractivity contribution is -0.120. The normalized spacial score (nSPS) is 10.9. The molecule has 0 bridgehead atoms. The second-order valence-electron chi connectivity index (χ2n) is 5.39. The van der Waals surface area contributed by atoms with E-state index in [0.29, 0.717) is 19.0 Å². The molecule has 6 heteroatoms. The van der Waals surface area contributed by atoms with E-state index in [0.717, 1.165) is 16.9 Å². The first-order valence-corrected chi connectivity index (χ1v) is 8.09. The lowest BCUT2D eigenvalue weighted by atomic mass is 10.2. The molecule has 0 aliphatic heterocycles. The number of aliphatic imine (C=N–C) groups is 1. The molecule has 0 spiro atoms. The van der Waals surface area contributed by atoms with E-state index in [1.165, 1.54) is 0 Å². The quantitative estimate of drug-likeness (QED) is 0.529. The number of rotatable bonds is 7. The number of hydrogen-bond donors (Lipinski definition) is 3. The van der Waals surface area contributed by atoms with Crippen LogP contribution in [-0.2, 0) is 17.9 Å². The topological polar surface area (TPSA) is 74.8 Å². The summed E-state index contributed by atoms with van der Waals surface area (Å²) in [5.41, 5.74) is 2.16. The van der Waals surface area contributed by atoms with Crippen molar-refractivity contribution in [1.82, 2.24) is 16.0 Å². The van der Waals surface area contributed by atoms with Crippen molar-refractivity contribution in [2.45, 2.75) is 13.1 Å². The molecule has 0 unspecified atom stereocenters. The molecule has 0 fully saturated rings. The fourth-order valence-electron chi connectivity index (χ4n) is 2.17. The van der Waals surface area contributed by atoms with Gasteiger partial charge in [-0.3, -0.25) is 9.79 Å². The molecule has 0 heterocycles. The second-order valence-corrected chi connectivity index (χ2v) is 5.39. The van der Waals surface area contributed by atoms with Crippen LogP contribution in [0.5, 0.6) is 5.75 Å². The number of methoxy groups -OCH3 is 1. The molecule has 0 saturated carbocycles. The third kappa shape index (κ3) is 6.55. The van der Waals surface area contributed by atoms with Crippen LogP contribution in [0.4, 0.5) is 0 Å². The summed E-state index contributed by atoms with van der Waals surface area (Å²) in [5.74, 6) is 1.28. The smallest absolute Gasteiger partial charge is 0.239 e. The number of benzene rings is 2. The SMILES string of the molecule is CN=C(NCC(=O)NCc1ccc(OC)cc1)NCc1ccccc1. The standard InChI is InChI=1S/C19H24N4O2/c1-20-19(22-13-15-6-4-3-5-7-15)23-14-18(24)21-12-16-8-10-17(25-2)11-9-16/h3-11H,12-14H2,1-2H3,(H,21,24)(H2,20,22,23). The molecule has 6 nitrogen and oxygen atoms in total. The highest BCUT2D eigenvalue weighted by atomic mass is 16.5. The Labute approximate surface area is 148 Å². The average molecular weight is 340 g/mol. The molecular weight excluding hydrogens is 316 g/mol. The maximum atomic E-state index is 12.0. The maximum absolute atomic E-state index is 12.0. The Morgan fingerprint density at radius 1 is 0.920 bits per heavy atom. The Morgan fingerprint density at radius 3 is 2.20 bits per heavy atom. The minimum Gasteiger partial charge on any atom is -0.497 e. The van der Waals surface area contributed by atoms with E-state index < -0.39 is 0 Å². The summed E-state index contributed by atoms with van der Waals surface area (Å²) < 4.78 is 5.11. The van der Waals surface area contributed by atoms with Crippen molar-refractivity contribution in [3.8, 4) is 5.75 Å². The molecule has 2 rings (SSSR count). The van der Waals surface area contributed by atoms with Crippen LogP contribution in [-0.4, -0.2) is 32.6 Å². The molecule has 0 aliphatic rings. The first-order chi connectivity index (χ1) is 12.2. The van der Waals surface area contributed by atoms with Crippen molar-refractivity contribution in [1.29, 1.82) is 0 Å². The predicted molar refractivity (Wildman–Crippen MR) is 99.5 cm³/mol. The Balaban J connectivity index is 1.70. The van der Waals surface area contributed by atoms with Crippen molar-refractivity contribution < 1.29 is 9.53 Å². The van der Waals surface area contributed by atoms with Gasteiger partial charge in [-0.2, -0.15) is 0 Å². The highest BCUT2D eigenvalue weighted by Gasteiger charge is 2.04. The Bertz CT molecular complexity index is 684. The Hall–Kier alpha value is -3.02. The number of ether oxygens (including phenoxy) is 1. The zero-order valence-electron chi connectivity index (χ0n) is 14.6. The summed E-state index contributed by atoms with van der Waals surface area (Å²) in [5, 5.41) is 9.04. The molecule has 0 aliphatic carbocycles. The number of amides is 1. The summed E-state index contributed by atoms with van der Waals surface area (Å²) in [6.45, 7) is 1.28. The summed E-state index contributed by atoms with van der Waals surface area (Å²) in [7, 11) is 3.30. The van der Waals surface area contributed by atoms with E-state index in [1.54, 1.807) is 14.2 Å². The van der Waals surface area contributed by atoms with Crippen LogP contribution in [0.1, 0.15) is 11.1 Å². The van der Waals surface area contributed by atoms with Gasteiger partial charge in [0.25, 0.3) is 0 Å². The second kappa shape index (κ2) is 9.97. The molecule has 3 N–H and O–H groups in total. The Morgan fingerprint density at radius 2 is 1.56 bits per heavy atom. The number of carbonyl (C=O) groups is 1. The van der Waals surface area contributed by atoms with Gasteiger partial charge < -0.3 is 20.7 Å². The molecular formula is C19H24N4O2. The molecule has 0 radical (unpaired) electrons. The Kier molecular flexibility index (Phi) is 7.31. The first-order valence-electron chi connectivity index (χ1n) is 8.09. The number of guanidine groups is 1. The van der Waals surface area contributed by atoms with E-state index in [-0.39, 0.29) is 12.5 Å². The summed E-state index contributed by atoms with van der Waals surface area (Å²) in [6, 6.07) is 17.6. The number of carbonyl (C=O) groups excluding carboxylic acids is 1. The molecule has 0 aromatic heterocycles. The van der Waals surface area contributed by atoms with E-state index >= 15 is 0 Å². The number of hydrogen-bond acceptors (Lipinski definition) is 3. The van der Waals surface area contributed by atoms with Gasteiger partial charge in [-0.15, -0.1) is 0 Å². The highest BCUT2D eigenvalue weighted by molar-refractivity contribution is 5.86. The summed E-state index contributed by atoms with van der Waals surface area (Å²) in [6.07, 6.45) is 0. The third-order valence-electron chi connectivity index (χ3n) is 3.59. The molecule has 0 atom stereocenters. The van der Waals surface area contributed by atoms with Gasteiger partial charge in [-0.05, 0) is 23.3 Å². The van der Waals surface area contributed by atoms with Crippen molar-refractivity contribution in [3.05, 3.63) is 65.7 Å². The monoisotopic (exact) mass is 340 g/mol. The minimum absolute atomic E-state index is 0.0986. The summed E-state index contributed by atoms with van der Waals surface area (Å²) in [4.78, 5) is 16.1. The zero-order chi connectivity index (χ0) is 17.9. The number of nitrogens with one attached hydrogen (secondary N) is 3. The predicted octanol–water partition coefficient (Wildman–Crippen LogP) is 1.68. The maximum Gasteiger partial charge on any atom is 0.239 e. The third-order valence-corrected chi connectivity index (χ3v) is 3.59. The van der Waals surface area contributed by atoms with Gasteiger partial charge in [-0.1, -0.05) is 42.5 Å². The van der Waals surface area contributed by atoms with Crippen molar-refractivity contribution >= 4 is 11.9 Å². The van der Waals surface area contributed by atoms with E-state index in [1.807, 2.05) is 54.6 Å². The van der Waals surface area contributed by atoms with Crippen LogP contribution >= 0.6 is 0 Å². The molecule has 0 saturated heterocycles. The van der Waals surface area contributed by atoms with Gasteiger partial charge in [-0.25, -0.2) is 0 Å². The van der Waals surface area contributed by atoms with Crippen LogP contribution < -0.4 is 20.7 Å². The fraction of sp³-hybridized carbons (Fsp3) is 0.263.